The van der Waals surface area contributed by atoms with Gasteiger partial charge >= 0.3 is 0 Å². The number of amides is 1. The lowest BCUT2D eigenvalue weighted by Crippen LogP contribution is -2.50. The highest BCUT2D eigenvalue weighted by Gasteiger charge is 2.35. The average Bonchev–Trinajstić information content (AvgIpc) is 2.69. The van der Waals surface area contributed by atoms with Crippen molar-refractivity contribution >= 4 is 44.8 Å². The number of hydrogen-bond acceptors (Lipinski definition) is 4. The maximum atomic E-state index is 14.8. The van der Waals surface area contributed by atoms with Crippen LogP contribution >= 0.6 is 23.2 Å². The molecule has 0 spiro atoms. The van der Waals surface area contributed by atoms with E-state index in [0.717, 1.165) is 10.4 Å². The molecule has 0 saturated carbocycles. The number of anilines is 1. The number of rotatable bonds is 10. The third kappa shape index (κ3) is 7.57. The van der Waals surface area contributed by atoms with Crippen LogP contribution in [0.4, 0.5) is 10.1 Å². The zero-order valence-electron chi connectivity index (χ0n) is 19.0. The number of halogens is 3. The second kappa shape index (κ2) is 11.0. The van der Waals surface area contributed by atoms with Gasteiger partial charge in [0.2, 0.25) is 5.91 Å². The third-order valence-electron chi connectivity index (χ3n) is 5.06. The molecule has 0 aliphatic heterocycles. The molecule has 1 amide bonds. The van der Waals surface area contributed by atoms with Crippen LogP contribution in [-0.4, -0.2) is 37.1 Å². The molecule has 0 aliphatic rings. The summed E-state index contributed by atoms with van der Waals surface area (Å²) in [6.07, 6.45) is 1.79. The van der Waals surface area contributed by atoms with Gasteiger partial charge in [-0.1, -0.05) is 23.2 Å². The number of hydrogen-bond donors (Lipinski definition) is 2. The Morgan fingerprint density at radius 3 is 2.27 bits per heavy atom. The lowest BCUT2D eigenvalue weighted by atomic mass is 10.00. The molecule has 2 rings (SSSR count). The van der Waals surface area contributed by atoms with E-state index in [2.05, 4.69) is 5.32 Å². The molecular weight excluding hydrogens is 490 g/mol. The number of aliphatic hydroxyl groups is 1. The molecule has 2 N–H and O–H groups in total. The predicted octanol–water partition coefficient (Wildman–Crippen LogP) is 5.16. The molecule has 2 aromatic rings. The first-order chi connectivity index (χ1) is 15.2. The summed E-state index contributed by atoms with van der Waals surface area (Å²) in [7, 11) is -4.34. The fraction of sp³-hybridized carbons (Fsp3) is 0.435. The second-order valence-corrected chi connectivity index (χ2v) is 11.3. The molecule has 2 aromatic carbocycles. The Bertz CT molecular complexity index is 1070. The van der Waals surface area contributed by atoms with Gasteiger partial charge in [-0.3, -0.25) is 9.10 Å². The molecule has 0 bridgehead atoms. The van der Waals surface area contributed by atoms with Crippen LogP contribution in [0.2, 0.25) is 10.0 Å². The van der Waals surface area contributed by atoms with Gasteiger partial charge in [-0.25, -0.2) is 12.8 Å². The van der Waals surface area contributed by atoms with Crippen molar-refractivity contribution in [3.05, 3.63) is 58.3 Å². The molecule has 10 heteroatoms. The molecule has 6 nitrogen and oxygen atoms in total. The van der Waals surface area contributed by atoms with Crippen LogP contribution in [-0.2, 0) is 14.8 Å². The molecule has 182 valence electrons. The van der Waals surface area contributed by atoms with Crippen LogP contribution in [0.15, 0.2) is 47.4 Å². The van der Waals surface area contributed by atoms with E-state index in [4.69, 9.17) is 23.2 Å². The fourth-order valence-corrected chi connectivity index (χ4v) is 5.21. The lowest BCUT2D eigenvalue weighted by molar-refractivity contribution is -0.122. The van der Waals surface area contributed by atoms with Crippen molar-refractivity contribution in [2.75, 3.05) is 4.31 Å². The van der Waals surface area contributed by atoms with Crippen molar-refractivity contribution in [3.8, 4) is 0 Å². The summed E-state index contributed by atoms with van der Waals surface area (Å²) >= 11 is 11.9. The molecule has 0 radical (unpaired) electrons. The minimum atomic E-state index is -4.34. The summed E-state index contributed by atoms with van der Waals surface area (Å²) in [5.41, 5.74) is -1.15. The van der Waals surface area contributed by atoms with Gasteiger partial charge in [0.15, 0.2) is 0 Å². The minimum Gasteiger partial charge on any atom is -0.390 e. The Hall–Kier alpha value is -1.87. The van der Waals surface area contributed by atoms with Crippen molar-refractivity contribution in [2.24, 2.45) is 0 Å². The first-order valence-corrected chi connectivity index (χ1v) is 12.7. The number of nitrogens with one attached hydrogen (secondary N) is 1. The van der Waals surface area contributed by atoms with E-state index in [0.29, 0.717) is 24.3 Å². The summed E-state index contributed by atoms with van der Waals surface area (Å²) in [6.45, 7) is 6.58. The Morgan fingerprint density at radius 2 is 1.70 bits per heavy atom. The largest absolute Gasteiger partial charge is 0.390 e. The normalized spacial score (nSPS) is 13.9. The summed E-state index contributed by atoms with van der Waals surface area (Å²) in [4.78, 5) is 12.9. The van der Waals surface area contributed by atoms with Crippen LogP contribution in [0.3, 0.4) is 0 Å². The van der Waals surface area contributed by atoms with Gasteiger partial charge in [0, 0.05) is 16.1 Å². The van der Waals surface area contributed by atoms with Crippen LogP contribution in [0.5, 0.6) is 0 Å². The number of carbonyl (C=O) groups excluding carboxylic acids is 1. The Morgan fingerprint density at radius 1 is 1.12 bits per heavy atom. The number of carbonyl (C=O) groups is 1. The quantitative estimate of drug-likeness (QED) is 0.454. The first kappa shape index (κ1) is 27.4. The van der Waals surface area contributed by atoms with Crippen molar-refractivity contribution < 1.29 is 22.7 Å². The summed E-state index contributed by atoms with van der Waals surface area (Å²) in [6, 6.07) is 7.32. The minimum absolute atomic E-state index is 0.121. The molecule has 0 aliphatic carbocycles. The van der Waals surface area contributed by atoms with Crippen molar-refractivity contribution in [3.63, 3.8) is 0 Å². The molecule has 33 heavy (non-hydrogen) atoms. The first-order valence-electron chi connectivity index (χ1n) is 10.5. The molecule has 2 unspecified atom stereocenters. The monoisotopic (exact) mass is 518 g/mol. The zero-order chi connectivity index (χ0) is 25.0. The standard InChI is InChI=1S/C23H29Cl2FN2O4S/c1-15(6-5-13-23(3,4)30)27-22(29)16(2)28(21-14-18(25)9-12-20(21)26)33(31,32)19-10-7-17(24)8-11-19/h7-12,14-16,30H,5-6,13H2,1-4H3,(H,27,29). The molecule has 0 saturated heterocycles. The second-order valence-electron chi connectivity index (χ2n) is 8.64. The molecule has 0 heterocycles. The third-order valence-corrected chi connectivity index (χ3v) is 7.45. The lowest BCUT2D eigenvalue weighted by Gasteiger charge is -2.31. The smallest absolute Gasteiger partial charge is 0.265 e. The van der Waals surface area contributed by atoms with Crippen LogP contribution in [0.1, 0.15) is 47.0 Å². The van der Waals surface area contributed by atoms with Crippen LogP contribution in [0.25, 0.3) is 0 Å². The highest BCUT2D eigenvalue weighted by molar-refractivity contribution is 7.93. The Balaban J connectivity index is 2.36. The van der Waals surface area contributed by atoms with E-state index >= 15 is 0 Å². The zero-order valence-corrected chi connectivity index (χ0v) is 21.3. The van der Waals surface area contributed by atoms with Crippen molar-refractivity contribution in [1.29, 1.82) is 0 Å². The van der Waals surface area contributed by atoms with E-state index in [-0.39, 0.29) is 21.6 Å². The number of nitrogens with zero attached hydrogens (tertiary/aromatic N) is 1. The van der Waals surface area contributed by atoms with Gasteiger partial charge in [-0.2, -0.15) is 0 Å². The molecule has 0 fully saturated rings. The van der Waals surface area contributed by atoms with Crippen LogP contribution < -0.4 is 9.62 Å². The predicted molar refractivity (Wildman–Crippen MR) is 130 cm³/mol. The highest BCUT2D eigenvalue weighted by Crippen LogP contribution is 2.31. The van der Waals surface area contributed by atoms with E-state index in [1.165, 1.54) is 43.3 Å². The summed E-state index contributed by atoms with van der Waals surface area (Å²) in [5, 5.41) is 13.1. The number of benzene rings is 2. The molecule has 2 atom stereocenters. The Kier molecular flexibility index (Phi) is 9.16. The molecular formula is C23H29Cl2FN2O4S. The number of sulfonamides is 1. The fourth-order valence-electron chi connectivity index (χ4n) is 3.30. The van der Waals surface area contributed by atoms with E-state index in [1.807, 2.05) is 0 Å². The van der Waals surface area contributed by atoms with Crippen molar-refractivity contribution in [2.45, 2.75) is 69.5 Å². The summed E-state index contributed by atoms with van der Waals surface area (Å²) < 4.78 is 42.5. The van der Waals surface area contributed by atoms with Crippen LogP contribution in [0, 0.1) is 5.82 Å². The maximum Gasteiger partial charge on any atom is 0.265 e. The average molecular weight is 519 g/mol. The van der Waals surface area contributed by atoms with Gasteiger partial charge in [-0.15, -0.1) is 0 Å². The SMILES string of the molecule is CC(CCCC(C)(C)O)NC(=O)C(C)N(c1cc(Cl)ccc1F)S(=O)(=O)c1ccc(Cl)cc1. The van der Waals surface area contributed by atoms with E-state index < -0.39 is 33.4 Å². The van der Waals surface area contributed by atoms with Gasteiger partial charge in [0.25, 0.3) is 10.0 Å². The Labute approximate surface area is 204 Å². The topological polar surface area (TPSA) is 86.7 Å². The highest BCUT2D eigenvalue weighted by atomic mass is 35.5. The van der Waals surface area contributed by atoms with Gasteiger partial charge in [-0.05, 0) is 89.4 Å². The van der Waals surface area contributed by atoms with E-state index in [9.17, 15) is 22.7 Å². The van der Waals surface area contributed by atoms with Gasteiger partial charge in [0.05, 0.1) is 16.2 Å². The van der Waals surface area contributed by atoms with E-state index in [1.54, 1.807) is 20.8 Å². The summed E-state index contributed by atoms with van der Waals surface area (Å²) in [5.74, 6) is -1.43. The van der Waals surface area contributed by atoms with Crippen molar-refractivity contribution in [1.82, 2.24) is 5.32 Å². The van der Waals surface area contributed by atoms with Gasteiger partial charge in [0.1, 0.15) is 11.9 Å². The maximum absolute atomic E-state index is 14.8. The molecule has 0 aromatic heterocycles. The van der Waals surface area contributed by atoms with Gasteiger partial charge < -0.3 is 10.4 Å².